The van der Waals surface area contributed by atoms with E-state index in [0.717, 1.165) is 41.1 Å². The zero-order valence-electron chi connectivity index (χ0n) is 9.70. The average Bonchev–Trinajstić information content (AvgIpc) is 2.82. The molecule has 4 heteroatoms. The Hall–Kier alpha value is -1.35. The Bertz CT molecular complexity index is 606. The molecular weight excluding hydrogens is 234 g/mol. The lowest BCUT2D eigenvalue weighted by atomic mass is 9.86. The molecule has 1 aromatic rings. The molecule has 1 unspecified atom stereocenters. The Labute approximate surface area is 105 Å². The van der Waals surface area contributed by atoms with E-state index in [-0.39, 0.29) is 5.41 Å². The topological polar surface area (TPSA) is 36.8 Å². The Morgan fingerprint density at radius 1 is 1.35 bits per heavy atom. The molecule has 2 heterocycles. The number of hydrogen-bond donors (Lipinski definition) is 1. The van der Waals surface area contributed by atoms with Crippen LogP contribution in [-0.4, -0.2) is 25.5 Å². The van der Waals surface area contributed by atoms with Crippen LogP contribution >= 0.6 is 11.6 Å². The van der Waals surface area contributed by atoms with Crippen molar-refractivity contribution in [3.05, 3.63) is 33.8 Å². The molecule has 2 aliphatic rings. The summed E-state index contributed by atoms with van der Waals surface area (Å²) in [6, 6.07) is 5.82. The minimum atomic E-state index is -0.117. The second-order valence-electron chi connectivity index (χ2n) is 4.74. The average molecular weight is 248 g/mol. The maximum absolute atomic E-state index is 6.02. The molecule has 0 saturated carbocycles. The molecule has 3 rings (SSSR count). The predicted octanol–water partition coefficient (Wildman–Crippen LogP) is 0.762. The highest BCUT2D eigenvalue weighted by Gasteiger charge is 2.31. The van der Waals surface area contributed by atoms with Gasteiger partial charge in [0, 0.05) is 11.6 Å². The highest BCUT2D eigenvalue weighted by atomic mass is 35.5. The number of halogens is 1. The highest BCUT2D eigenvalue weighted by molar-refractivity contribution is 6.30. The van der Waals surface area contributed by atoms with Crippen molar-refractivity contribution < 1.29 is 0 Å². The van der Waals surface area contributed by atoms with E-state index in [4.69, 9.17) is 11.6 Å². The molecule has 88 valence electrons. The summed E-state index contributed by atoms with van der Waals surface area (Å²) in [6.07, 6.45) is 2.22. The monoisotopic (exact) mass is 247 g/mol. The minimum absolute atomic E-state index is 0.117. The van der Waals surface area contributed by atoms with Crippen molar-refractivity contribution in [2.24, 2.45) is 15.4 Å². The van der Waals surface area contributed by atoms with Crippen LogP contribution in [0.4, 0.5) is 0 Å². The first-order valence-electron chi connectivity index (χ1n) is 5.79. The van der Waals surface area contributed by atoms with E-state index in [0.29, 0.717) is 0 Å². The second-order valence-corrected chi connectivity index (χ2v) is 5.17. The third-order valence-corrected chi connectivity index (χ3v) is 3.49. The maximum Gasteiger partial charge on any atom is 0.108 e. The highest BCUT2D eigenvalue weighted by Crippen LogP contribution is 2.23. The van der Waals surface area contributed by atoms with E-state index >= 15 is 0 Å². The summed E-state index contributed by atoms with van der Waals surface area (Å²) < 4.78 is 0. The SMILES string of the molecule is CC1(C2=NCCN2)C=c2cc(Cl)ccc2=NC1. The number of benzene rings is 1. The fourth-order valence-corrected chi connectivity index (χ4v) is 2.53. The third-order valence-electron chi connectivity index (χ3n) is 3.26. The molecule has 0 spiro atoms. The lowest BCUT2D eigenvalue weighted by Crippen LogP contribution is -2.43. The van der Waals surface area contributed by atoms with E-state index in [1.807, 2.05) is 18.2 Å². The van der Waals surface area contributed by atoms with Crippen LogP contribution in [0.5, 0.6) is 0 Å². The van der Waals surface area contributed by atoms with Crippen LogP contribution in [0, 0.1) is 5.41 Å². The van der Waals surface area contributed by atoms with Gasteiger partial charge in [0.25, 0.3) is 0 Å². The van der Waals surface area contributed by atoms with Gasteiger partial charge in [-0.2, -0.15) is 0 Å². The Morgan fingerprint density at radius 2 is 2.24 bits per heavy atom. The van der Waals surface area contributed by atoms with Gasteiger partial charge in [-0.1, -0.05) is 17.7 Å². The van der Waals surface area contributed by atoms with Gasteiger partial charge in [-0.3, -0.25) is 9.98 Å². The van der Waals surface area contributed by atoms with Gasteiger partial charge in [-0.05, 0) is 30.3 Å². The normalized spacial score (nSPS) is 26.4. The van der Waals surface area contributed by atoms with Gasteiger partial charge in [0.15, 0.2) is 0 Å². The van der Waals surface area contributed by atoms with Gasteiger partial charge < -0.3 is 5.32 Å². The first-order valence-corrected chi connectivity index (χ1v) is 6.17. The summed E-state index contributed by atoms with van der Waals surface area (Å²) in [5.41, 5.74) is -0.117. The van der Waals surface area contributed by atoms with Crippen molar-refractivity contribution >= 4 is 23.5 Å². The summed E-state index contributed by atoms with van der Waals surface area (Å²) in [5.74, 6) is 1.05. The molecule has 0 radical (unpaired) electrons. The molecule has 0 bridgehead atoms. The number of rotatable bonds is 1. The minimum Gasteiger partial charge on any atom is -0.371 e. The van der Waals surface area contributed by atoms with E-state index in [1.54, 1.807) is 0 Å². The van der Waals surface area contributed by atoms with Crippen molar-refractivity contribution in [3.8, 4) is 0 Å². The molecular formula is C13H14ClN3. The van der Waals surface area contributed by atoms with Crippen LogP contribution in [-0.2, 0) is 0 Å². The van der Waals surface area contributed by atoms with Gasteiger partial charge in [-0.15, -0.1) is 0 Å². The number of amidine groups is 1. The lowest BCUT2D eigenvalue weighted by molar-refractivity contribution is 0.612. The fraction of sp³-hybridized carbons (Fsp3) is 0.385. The molecule has 0 saturated heterocycles. The van der Waals surface area contributed by atoms with Crippen molar-refractivity contribution in [3.63, 3.8) is 0 Å². The summed E-state index contributed by atoms with van der Waals surface area (Å²) in [6.45, 7) is 4.70. The van der Waals surface area contributed by atoms with Gasteiger partial charge in [-0.25, -0.2) is 0 Å². The number of nitrogens with zero attached hydrogens (tertiary/aromatic N) is 2. The van der Waals surface area contributed by atoms with E-state index < -0.39 is 0 Å². The quantitative estimate of drug-likeness (QED) is 0.782. The first-order chi connectivity index (χ1) is 8.17. The van der Waals surface area contributed by atoms with Crippen molar-refractivity contribution in [2.75, 3.05) is 19.6 Å². The molecule has 1 atom stereocenters. The molecule has 2 aliphatic heterocycles. The van der Waals surface area contributed by atoms with E-state index in [9.17, 15) is 0 Å². The van der Waals surface area contributed by atoms with Gasteiger partial charge in [0.05, 0.1) is 23.9 Å². The van der Waals surface area contributed by atoms with Gasteiger partial charge in [0.2, 0.25) is 0 Å². The molecule has 0 amide bonds. The first kappa shape index (κ1) is 10.8. The molecule has 0 aliphatic carbocycles. The standard InChI is InChI=1S/C13H14ClN3/c1-13(12-15-4-5-16-12)7-9-6-10(14)2-3-11(9)17-8-13/h2-3,6-7H,4-5,8H2,1H3,(H,15,16). The zero-order chi connectivity index (χ0) is 11.9. The van der Waals surface area contributed by atoms with Crippen LogP contribution in [0.25, 0.3) is 6.08 Å². The van der Waals surface area contributed by atoms with Crippen LogP contribution in [0.15, 0.2) is 28.2 Å². The molecule has 0 fully saturated rings. The molecule has 1 aromatic carbocycles. The van der Waals surface area contributed by atoms with Gasteiger partial charge >= 0.3 is 0 Å². The zero-order valence-corrected chi connectivity index (χ0v) is 10.5. The van der Waals surface area contributed by atoms with E-state index in [2.05, 4.69) is 28.3 Å². The number of nitrogens with one attached hydrogen (secondary N) is 1. The lowest BCUT2D eigenvalue weighted by Gasteiger charge is -2.26. The molecule has 3 nitrogen and oxygen atoms in total. The van der Waals surface area contributed by atoms with Crippen LogP contribution in [0.1, 0.15) is 6.92 Å². The number of aliphatic imine (C=N–C) groups is 1. The van der Waals surface area contributed by atoms with Gasteiger partial charge in [0.1, 0.15) is 5.84 Å². The van der Waals surface area contributed by atoms with Crippen molar-refractivity contribution in [2.45, 2.75) is 6.92 Å². The Kier molecular flexibility index (Phi) is 2.44. The van der Waals surface area contributed by atoms with Crippen LogP contribution in [0.2, 0.25) is 5.02 Å². The van der Waals surface area contributed by atoms with Crippen molar-refractivity contribution in [1.82, 2.24) is 5.32 Å². The Morgan fingerprint density at radius 3 is 3.00 bits per heavy atom. The Balaban J connectivity index is 2.13. The summed E-state index contributed by atoms with van der Waals surface area (Å²) >= 11 is 6.02. The third kappa shape index (κ3) is 1.84. The molecule has 0 aromatic heterocycles. The predicted molar refractivity (Wildman–Crippen MR) is 70.0 cm³/mol. The maximum atomic E-state index is 6.02. The number of fused-ring (bicyclic) bond motifs is 1. The summed E-state index contributed by atoms with van der Waals surface area (Å²) in [4.78, 5) is 9.13. The fourth-order valence-electron chi connectivity index (χ4n) is 2.35. The molecule has 1 N–H and O–H groups in total. The van der Waals surface area contributed by atoms with Crippen LogP contribution < -0.4 is 15.9 Å². The van der Waals surface area contributed by atoms with E-state index in [1.165, 1.54) is 0 Å². The van der Waals surface area contributed by atoms with Crippen molar-refractivity contribution in [1.29, 1.82) is 0 Å². The smallest absolute Gasteiger partial charge is 0.108 e. The van der Waals surface area contributed by atoms with Crippen LogP contribution in [0.3, 0.4) is 0 Å². The number of hydrogen-bond acceptors (Lipinski definition) is 3. The second kappa shape index (κ2) is 3.84. The summed E-state index contributed by atoms with van der Waals surface area (Å²) in [5, 5.41) is 6.21. The largest absolute Gasteiger partial charge is 0.371 e. The summed E-state index contributed by atoms with van der Waals surface area (Å²) in [7, 11) is 0. The molecule has 17 heavy (non-hydrogen) atoms.